The first-order valence-electron chi connectivity index (χ1n) is 13.9. The average Bonchev–Trinajstić information content (AvgIpc) is 3.72. The van der Waals surface area contributed by atoms with Crippen LogP contribution in [0.15, 0.2) is 48.9 Å². The van der Waals surface area contributed by atoms with Gasteiger partial charge in [0.2, 0.25) is 0 Å². The molecule has 0 spiro atoms. The van der Waals surface area contributed by atoms with Gasteiger partial charge in [-0.1, -0.05) is 0 Å². The molecule has 1 aromatic carbocycles. The fraction of sp³-hybridized carbons (Fsp3) is 0.367. The fourth-order valence-electron chi connectivity index (χ4n) is 5.99. The highest BCUT2D eigenvalue weighted by molar-refractivity contribution is 6.00. The summed E-state index contributed by atoms with van der Waals surface area (Å²) in [4.78, 5) is 15.0. The second-order valence-corrected chi connectivity index (χ2v) is 10.7. The van der Waals surface area contributed by atoms with E-state index in [-0.39, 0.29) is 5.82 Å². The molecule has 8 nitrogen and oxygen atoms in total. The predicted octanol–water partition coefficient (Wildman–Crippen LogP) is 5.25. The molecular weight excluding hydrogens is 493 g/mol. The third-order valence-corrected chi connectivity index (χ3v) is 8.08. The van der Waals surface area contributed by atoms with E-state index in [1.54, 1.807) is 12.4 Å². The van der Waals surface area contributed by atoms with Crippen molar-refractivity contribution in [1.29, 1.82) is 0 Å². The molecule has 2 aliphatic heterocycles. The van der Waals surface area contributed by atoms with Gasteiger partial charge in [-0.2, -0.15) is 5.10 Å². The molecule has 0 aliphatic carbocycles. The molecular formula is C30H32FN7O. The van der Waals surface area contributed by atoms with Crippen LogP contribution in [0.25, 0.3) is 44.3 Å². The molecule has 2 aliphatic rings. The Morgan fingerprint density at radius 3 is 2.69 bits per heavy atom. The number of rotatable bonds is 7. The molecule has 0 atom stereocenters. The summed E-state index contributed by atoms with van der Waals surface area (Å²) >= 11 is 0. The number of hydrogen-bond donors (Lipinski definition) is 3. The predicted molar refractivity (Wildman–Crippen MR) is 150 cm³/mol. The summed E-state index contributed by atoms with van der Waals surface area (Å²) in [5, 5.41) is 13.2. The number of aromatic amines is 2. The molecule has 200 valence electrons. The number of nitrogens with zero attached hydrogens (tertiary/aromatic N) is 4. The second kappa shape index (κ2) is 10.4. The van der Waals surface area contributed by atoms with Crippen LogP contribution < -0.4 is 10.1 Å². The number of piperidine rings is 1. The number of benzene rings is 1. The summed E-state index contributed by atoms with van der Waals surface area (Å²) in [6.07, 6.45) is 10.1. The molecule has 0 saturated carbocycles. The minimum atomic E-state index is -0.326. The number of fused-ring (bicyclic) bond motifs is 2. The third-order valence-electron chi connectivity index (χ3n) is 8.08. The number of H-pyrrole nitrogens is 2. The van der Waals surface area contributed by atoms with Crippen LogP contribution >= 0.6 is 0 Å². The van der Waals surface area contributed by atoms with Crippen molar-refractivity contribution in [1.82, 2.24) is 35.4 Å². The lowest BCUT2D eigenvalue weighted by atomic mass is 9.93. The maximum Gasteiger partial charge on any atom is 0.127 e. The average molecular weight is 526 g/mol. The minimum absolute atomic E-state index is 0.326. The highest BCUT2D eigenvalue weighted by Gasteiger charge is 2.20. The molecule has 5 aromatic rings. The molecule has 39 heavy (non-hydrogen) atoms. The quantitative estimate of drug-likeness (QED) is 0.269. The zero-order chi connectivity index (χ0) is 26.2. The van der Waals surface area contributed by atoms with Crippen LogP contribution in [-0.2, 0) is 0 Å². The van der Waals surface area contributed by atoms with Gasteiger partial charge in [-0.15, -0.1) is 0 Å². The highest BCUT2D eigenvalue weighted by Crippen LogP contribution is 2.36. The van der Waals surface area contributed by atoms with Gasteiger partial charge >= 0.3 is 0 Å². The van der Waals surface area contributed by atoms with Crippen LogP contribution in [0.5, 0.6) is 5.75 Å². The first-order valence-corrected chi connectivity index (χ1v) is 13.9. The molecule has 9 heteroatoms. The van der Waals surface area contributed by atoms with Crippen molar-refractivity contribution in [2.45, 2.75) is 31.6 Å². The van der Waals surface area contributed by atoms with Crippen molar-refractivity contribution in [2.75, 3.05) is 39.3 Å². The summed E-state index contributed by atoms with van der Waals surface area (Å²) in [6.45, 7) is 5.67. The SMILES string of the molecule is Fc1cc(OCCN2CCCC2)cc(-c2cncc3[nH]c(-c4n[nH]c5cnc(C6CCNCC6)cc45)cc23)c1. The summed E-state index contributed by atoms with van der Waals surface area (Å²) < 4.78 is 20.7. The largest absolute Gasteiger partial charge is 0.492 e. The second-order valence-electron chi connectivity index (χ2n) is 10.7. The van der Waals surface area contributed by atoms with Crippen LogP contribution in [0.2, 0.25) is 0 Å². The number of likely N-dealkylation sites (tertiary alicyclic amines) is 1. The normalized spacial score (nSPS) is 16.9. The Balaban J connectivity index is 1.20. The van der Waals surface area contributed by atoms with Crippen LogP contribution in [0.1, 0.15) is 37.3 Å². The lowest BCUT2D eigenvalue weighted by Crippen LogP contribution is -2.27. The monoisotopic (exact) mass is 525 g/mol. The lowest BCUT2D eigenvalue weighted by molar-refractivity contribution is 0.237. The summed E-state index contributed by atoms with van der Waals surface area (Å²) in [6, 6.07) is 9.14. The maximum absolute atomic E-state index is 14.7. The van der Waals surface area contributed by atoms with E-state index >= 15 is 0 Å². The molecule has 6 heterocycles. The molecule has 4 aromatic heterocycles. The van der Waals surface area contributed by atoms with Gasteiger partial charge in [0.05, 0.1) is 29.1 Å². The Labute approximate surface area is 226 Å². The smallest absolute Gasteiger partial charge is 0.127 e. The summed E-state index contributed by atoms with van der Waals surface area (Å²) in [5.74, 6) is 0.664. The Hall–Kier alpha value is -3.82. The van der Waals surface area contributed by atoms with Crippen molar-refractivity contribution >= 4 is 21.8 Å². The van der Waals surface area contributed by atoms with E-state index in [1.807, 2.05) is 12.3 Å². The molecule has 0 bridgehead atoms. The van der Waals surface area contributed by atoms with E-state index in [9.17, 15) is 4.39 Å². The highest BCUT2D eigenvalue weighted by atomic mass is 19.1. The first kappa shape index (κ1) is 24.2. The van der Waals surface area contributed by atoms with Gasteiger partial charge in [0.1, 0.15) is 23.9 Å². The number of halogens is 1. The van der Waals surface area contributed by atoms with Crippen molar-refractivity contribution < 1.29 is 9.13 Å². The standard InChI is InChI=1S/C30H32FN7O/c31-21-11-20(12-22(13-21)39-10-9-38-7-1-2-8-38)25-16-33-17-28-23(25)14-27(35-28)30-24-15-26(19-3-5-32-6-4-19)34-18-29(24)36-37-30/h11-19,32,35H,1-10H2,(H,36,37). The Morgan fingerprint density at radius 2 is 1.82 bits per heavy atom. The van der Waals surface area contributed by atoms with Gasteiger partial charge in [0, 0.05) is 46.8 Å². The van der Waals surface area contributed by atoms with E-state index in [4.69, 9.17) is 9.72 Å². The lowest BCUT2D eigenvalue weighted by Gasteiger charge is -2.22. The fourth-order valence-corrected chi connectivity index (χ4v) is 5.99. The van der Waals surface area contributed by atoms with E-state index < -0.39 is 0 Å². The summed E-state index contributed by atoms with van der Waals surface area (Å²) in [7, 11) is 0. The van der Waals surface area contributed by atoms with E-state index in [1.165, 1.54) is 25.0 Å². The molecule has 2 fully saturated rings. The Morgan fingerprint density at radius 1 is 0.949 bits per heavy atom. The van der Waals surface area contributed by atoms with E-state index in [0.717, 1.165) is 95.6 Å². The molecule has 2 saturated heterocycles. The van der Waals surface area contributed by atoms with E-state index in [0.29, 0.717) is 18.3 Å². The van der Waals surface area contributed by atoms with Crippen molar-refractivity contribution in [3.8, 4) is 28.3 Å². The van der Waals surface area contributed by atoms with E-state index in [2.05, 4.69) is 42.5 Å². The minimum Gasteiger partial charge on any atom is -0.492 e. The van der Waals surface area contributed by atoms with Gasteiger partial charge in [0.25, 0.3) is 0 Å². The van der Waals surface area contributed by atoms with Gasteiger partial charge in [-0.05, 0) is 81.7 Å². The molecule has 0 amide bonds. The number of hydrogen-bond acceptors (Lipinski definition) is 6. The molecule has 0 unspecified atom stereocenters. The Kier molecular flexibility index (Phi) is 6.46. The maximum atomic E-state index is 14.7. The third kappa shape index (κ3) is 4.88. The van der Waals surface area contributed by atoms with Crippen LogP contribution in [0.3, 0.4) is 0 Å². The Bertz CT molecular complexity index is 1610. The van der Waals surface area contributed by atoms with Gasteiger partial charge < -0.3 is 15.0 Å². The number of ether oxygens (including phenoxy) is 1. The van der Waals surface area contributed by atoms with Crippen LogP contribution in [0.4, 0.5) is 4.39 Å². The summed E-state index contributed by atoms with van der Waals surface area (Å²) in [5.41, 5.74) is 6.19. The van der Waals surface area contributed by atoms with Crippen LogP contribution in [0, 0.1) is 5.82 Å². The number of aromatic nitrogens is 5. The van der Waals surface area contributed by atoms with Crippen molar-refractivity contribution in [3.63, 3.8) is 0 Å². The topological polar surface area (TPSA) is 94.8 Å². The van der Waals surface area contributed by atoms with Gasteiger partial charge in [0.15, 0.2) is 0 Å². The molecule has 3 N–H and O–H groups in total. The zero-order valence-electron chi connectivity index (χ0n) is 21.8. The molecule has 0 radical (unpaired) electrons. The molecule has 7 rings (SSSR count). The van der Waals surface area contributed by atoms with Crippen LogP contribution in [-0.4, -0.2) is 69.4 Å². The van der Waals surface area contributed by atoms with Crippen molar-refractivity contribution in [3.05, 3.63) is 60.4 Å². The first-order chi connectivity index (χ1) is 19.2. The number of pyridine rings is 2. The number of nitrogens with one attached hydrogen (secondary N) is 3. The van der Waals surface area contributed by atoms with Gasteiger partial charge in [-0.3, -0.25) is 20.0 Å². The van der Waals surface area contributed by atoms with Gasteiger partial charge in [-0.25, -0.2) is 4.39 Å². The van der Waals surface area contributed by atoms with Crippen molar-refractivity contribution in [2.24, 2.45) is 0 Å². The zero-order valence-corrected chi connectivity index (χ0v) is 21.8.